The third kappa shape index (κ3) is 4.80. The van der Waals surface area contributed by atoms with E-state index in [-0.39, 0.29) is 35.8 Å². The normalized spacial score (nSPS) is 46.4. The number of rotatable bonds is 7. The molecule has 4 aliphatic rings. The molecule has 0 radical (unpaired) electrons. The molecule has 0 aromatic heterocycles. The van der Waals surface area contributed by atoms with Gasteiger partial charge in [0.25, 0.3) is 0 Å². The Morgan fingerprint density at radius 2 is 1.94 bits per heavy atom. The first-order valence-corrected chi connectivity index (χ1v) is 13.6. The maximum Gasteiger partial charge on any atom is 0.309 e. The Morgan fingerprint density at radius 3 is 2.66 bits per heavy atom. The van der Waals surface area contributed by atoms with Gasteiger partial charge in [-0.05, 0) is 46.0 Å². The molecule has 3 aliphatic heterocycles. The highest BCUT2D eigenvalue weighted by molar-refractivity contribution is 5.74. The molecular weight excluding hydrogens is 448 g/mol. The Hall–Kier alpha value is -1.44. The Morgan fingerprint density at radius 1 is 1.23 bits per heavy atom. The molecule has 198 valence electrons. The Bertz CT molecular complexity index is 835. The summed E-state index contributed by atoms with van der Waals surface area (Å²) >= 11 is 0. The zero-order valence-electron chi connectivity index (χ0n) is 22.0. The van der Waals surface area contributed by atoms with Crippen LogP contribution in [0.1, 0.15) is 92.4 Å². The largest absolute Gasteiger partial charge is 0.458 e. The minimum atomic E-state index is -1.35. The van der Waals surface area contributed by atoms with E-state index in [4.69, 9.17) is 14.2 Å². The van der Waals surface area contributed by atoms with Crippen LogP contribution in [0.25, 0.3) is 0 Å². The molecule has 10 atom stereocenters. The fraction of sp³-hybridized carbons (Fsp3) is 0.857. The van der Waals surface area contributed by atoms with Gasteiger partial charge in [0.1, 0.15) is 12.2 Å². The summed E-state index contributed by atoms with van der Waals surface area (Å²) < 4.78 is 18.9. The fourth-order valence-corrected chi connectivity index (χ4v) is 7.15. The SMILES string of the molecule is CCCCCCCC(=O)O[C@@H]1C/C=C(/C)C[C@@H]2O[C@H]3[C@H]4[C@@H](C[C@@H](O)[C@](C)(O)[C@H]42)[C@@H](C)C(=O)O[C@@]13C. The molecule has 0 spiro atoms. The number of aliphatic hydroxyl groups is 2. The van der Waals surface area contributed by atoms with Gasteiger partial charge in [0.05, 0.1) is 23.7 Å². The predicted octanol–water partition coefficient (Wildman–Crippen LogP) is 4.08. The molecule has 7 nitrogen and oxygen atoms in total. The number of unbranched alkanes of at least 4 members (excludes halogenated alkanes) is 4. The molecule has 7 heteroatoms. The third-order valence-corrected chi connectivity index (χ3v) is 9.33. The van der Waals surface area contributed by atoms with E-state index in [0.29, 0.717) is 25.7 Å². The van der Waals surface area contributed by atoms with Crippen LogP contribution in [-0.4, -0.2) is 57.8 Å². The number of hydrogen-bond acceptors (Lipinski definition) is 7. The summed E-state index contributed by atoms with van der Waals surface area (Å²) in [5.41, 5.74) is -1.46. The molecule has 2 saturated heterocycles. The number of hydrogen-bond donors (Lipinski definition) is 2. The predicted molar refractivity (Wildman–Crippen MR) is 130 cm³/mol. The maximum absolute atomic E-state index is 13.3. The molecule has 0 aromatic rings. The van der Waals surface area contributed by atoms with Gasteiger partial charge >= 0.3 is 11.9 Å². The summed E-state index contributed by atoms with van der Waals surface area (Å²) in [6.07, 6.45) is 6.46. The number of fused-ring (bicyclic) bond motifs is 2. The van der Waals surface area contributed by atoms with Gasteiger partial charge in [-0.25, -0.2) is 0 Å². The van der Waals surface area contributed by atoms with Crippen LogP contribution in [0.5, 0.6) is 0 Å². The van der Waals surface area contributed by atoms with Crippen LogP contribution in [0, 0.1) is 23.7 Å². The maximum atomic E-state index is 13.3. The first-order valence-electron chi connectivity index (χ1n) is 13.6. The van der Waals surface area contributed by atoms with Crippen LogP contribution >= 0.6 is 0 Å². The second-order valence-corrected chi connectivity index (χ2v) is 11.9. The average Bonchev–Trinajstić information content (AvgIpc) is 3.17. The van der Waals surface area contributed by atoms with Crippen molar-refractivity contribution < 1.29 is 34.0 Å². The van der Waals surface area contributed by atoms with Crippen molar-refractivity contribution in [2.75, 3.05) is 0 Å². The summed E-state index contributed by atoms with van der Waals surface area (Å²) in [4.78, 5) is 26.2. The average molecular weight is 493 g/mol. The molecular formula is C28H44O7. The highest BCUT2D eigenvalue weighted by Gasteiger charge is 2.69. The summed E-state index contributed by atoms with van der Waals surface area (Å²) in [5.74, 6) is -1.82. The molecule has 0 unspecified atom stereocenters. The number of carbonyl (C=O) groups is 2. The van der Waals surface area contributed by atoms with Gasteiger partial charge in [-0.3, -0.25) is 9.59 Å². The van der Waals surface area contributed by atoms with Crippen LogP contribution in [0.4, 0.5) is 0 Å². The summed E-state index contributed by atoms with van der Waals surface area (Å²) in [7, 11) is 0. The summed E-state index contributed by atoms with van der Waals surface area (Å²) in [5, 5.41) is 22.4. The van der Waals surface area contributed by atoms with E-state index in [1.165, 1.54) is 0 Å². The van der Waals surface area contributed by atoms with Gasteiger partial charge in [0, 0.05) is 24.7 Å². The van der Waals surface area contributed by atoms with Crippen LogP contribution in [0.3, 0.4) is 0 Å². The third-order valence-electron chi connectivity index (χ3n) is 9.33. The fourth-order valence-electron chi connectivity index (χ4n) is 7.15. The molecule has 3 heterocycles. The topological polar surface area (TPSA) is 102 Å². The van der Waals surface area contributed by atoms with Crippen molar-refractivity contribution in [3.8, 4) is 0 Å². The van der Waals surface area contributed by atoms with Gasteiger partial charge < -0.3 is 24.4 Å². The minimum Gasteiger partial charge on any atom is -0.458 e. The van der Waals surface area contributed by atoms with Crippen molar-refractivity contribution >= 4 is 11.9 Å². The van der Waals surface area contributed by atoms with E-state index >= 15 is 0 Å². The molecule has 35 heavy (non-hydrogen) atoms. The van der Waals surface area contributed by atoms with E-state index < -0.39 is 35.4 Å². The zero-order valence-corrected chi connectivity index (χ0v) is 22.0. The quantitative estimate of drug-likeness (QED) is 0.314. The lowest BCUT2D eigenvalue weighted by Gasteiger charge is -2.49. The van der Waals surface area contributed by atoms with Gasteiger partial charge in [0.15, 0.2) is 5.60 Å². The van der Waals surface area contributed by atoms with E-state index in [2.05, 4.69) is 6.92 Å². The smallest absolute Gasteiger partial charge is 0.309 e. The molecule has 0 aromatic carbocycles. The van der Waals surface area contributed by atoms with E-state index in [1.54, 1.807) is 6.92 Å². The lowest BCUT2D eigenvalue weighted by molar-refractivity contribution is -0.207. The highest BCUT2D eigenvalue weighted by Crippen LogP contribution is 2.58. The molecule has 2 bridgehead atoms. The molecule has 0 amide bonds. The number of esters is 2. The van der Waals surface area contributed by atoms with Crippen molar-refractivity contribution in [2.24, 2.45) is 23.7 Å². The zero-order chi connectivity index (χ0) is 25.5. The lowest BCUT2D eigenvalue weighted by atomic mass is 9.57. The van der Waals surface area contributed by atoms with Gasteiger partial charge in [-0.15, -0.1) is 0 Å². The second-order valence-electron chi connectivity index (χ2n) is 11.9. The van der Waals surface area contributed by atoms with Crippen molar-refractivity contribution in [3.05, 3.63) is 11.6 Å². The monoisotopic (exact) mass is 492 g/mol. The number of ether oxygens (including phenoxy) is 3. The van der Waals surface area contributed by atoms with E-state index in [0.717, 1.165) is 37.7 Å². The van der Waals surface area contributed by atoms with Crippen LogP contribution in [0.15, 0.2) is 11.6 Å². The summed E-state index contributed by atoms with van der Waals surface area (Å²) in [6.45, 7) is 9.53. The Labute approximate surface area is 209 Å². The molecule has 4 rings (SSSR count). The molecule has 3 fully saturated rings. The van der Waals surface area contributed by atoms with Crippen LogP contribution in [-0.2, 0) is 23.8 Å². The first-order chi connectivity index (χ1) is 16.5. The van der Waals surface area contributed by atoms with E-state index in [1.807, 2.05) is 26.8 Å². The van der Waals surface area contributed by atoms with Gasteiger partial charge in [0.2, 0.25) is 0 Å². The standard InChI is InChI=1S/C28H44O7/c1-6-7-8-9-10-11-22(30)34-21-13-12-16(2)14-19-24-23-18(15-20(29)27(24,4)32)17(3)26(31)35-28(21,5)25(23)33-19/h12,17-21,23-25,29,32H,6-11,13-15H2,1-5H3/b16-12-/t17-,18+,19+,20-,21-,23+,24+,25+,27+,28+/m1/s1. The number of aliphatic hydroxyl groups excluding tert-OH is 1. The van der Waals surface area contributed by atoms with Crippen LogP contribution < -0.4 is 0 Å². The molecule has 2 N–H and O–H groups in total. The lowest BCUT2D eigenvalue weighted by Crippen LogP contribution is -2.61. The number of carbonyl (C=O) groups excluding carboxylic acids is 2. The second kappa shape index (κ2) is 10.1. The Balaban J connectivity index is 1.67. The first kappa shape index (κ1) is 26.6. The highest BCUT2D eigenvalue weighted by atomic mass is 16.6. The van der Waals surface area contributed by atoms with Gasteiger partial charge in [-0.2, -0.15) is 0 Å². The molecule has 1 aliphatic carbocycles. The van der Waals surface area contributed by atoms with E-state index in [9.17, 15) is 19.8 Å². The van der Waals surface area contributed by atoms with Crippen molar-refractivity contribution in [3.63, 3.8) is 0 Å². The molecule has 1 saturated carbocycles. The minimum absolute atomic E-state index is 0.182. The summed E-state index contributed by atoms with van der Waals surface area (Å²) in [6, 6.07) is 0. The van der Waals surface area contributed by atoms with Crippen LogP contribution in [0.2, 0.25) is 0 Å². The Kier molecular flexibility index (Phi) is 7.71. The van der Waals surface area contributed by atoms with Crippen molar-refractivity contribution in [1.82, 2.24) is 0 Å². The van der Waals surface area contributed by atoms with Gasteiger partial charge in [-0.1, -0.05) is 51.2 Å². The van der Waals surface area contributed by atoms with Crippen molar-refractivity contribution in [1.29, 1.82) is 0 Å². The van der Waals surface area contributed by atoms with Crippen molar-refractivity contribution in [2.45, 2.75) is 128 Å².